The number of hydrogen-bond acceptors (Lipinski definition) is 3. The number of aryl methyl sites for hydroxylation is 1. The second-order valence-electron chi connectivity index (χ2n) is 3.91. The lowest BCUT2D eigenvalue weighted by atomic mass is 10.2. The summed E-state index contributed by atoms with van der Waals surface area (Å²) in [7, 11) is 0. The first-order valence-electron chi connectivity index (χ1n) is 5.55. The number of nitrogens with zero attached hydrogens (tertiary/aromatic N) is 2. The minimum absolute atomic E-state index is 0.563. The van der Waals surface area contributed by atoms with Gasteiger partial charge >= 0.3 is 0 Å². The van der Waals surface area contributed by atoms with Gasteiger partial charge in [0, 0.05) is 16.7 Å². The van der Waals surface area contributed by atoms with Gasteiger partial charge in [0.25, 0.3) is 0 Å². The average molecular weight is 302 g/mol. The SMILES string of the molecule is Cc1ccc(C#N)c(NCc2ccccc2Br)n1. The Balaban J connectivity index is 2.18. The minimum atomic E-state index is 0.563. The van der Waals surface area contributed by atoms with E-state index >= 15 is 0 Å². The van der Waals surface area contributed by atoms with Crippen LogP contribution in [0.5, 0.6) is 0 Å². The fourth-order valence-corrected chi connectivity index (χ4v) is 2.03. The van der Waals surface area contributed by atoms with Gasteiger partial charge in [-0.25, -0.2) is 4.98 Å². The molecule has 0 fully saturated rings. The van der Waals surface area contributed by atoms with E-state index in [2.05, 4.69) is 32.3 Å². The van der Waals surface area contributed by atoms with E-state index in [0.29, 0.717) is 17.9 Å². The normalized spacial score (nSPS) is 9.83. The fraction of sp³-hybridized carbons (Fsp3) is 0.143. The van der Waals surface area contributed by atoms with E-state index in [-0.39, 0.29) is 0 Å². The summed E-state index contributed by atoms with van der Waals surface area (Å²) in [4.78, 5) is 4.34. The van der Waals surface area contributed by atoms with Crippen molar-refractivity contribution in [3.05, 3.63) is 57.7 Å². The summed E-state index contributed by atoms with van der Waals surface area (Å²) < 4.78 is 1.05. The van der Waals surface area contributed by atoms with Gasteiger partial charge in [0.1, 0.15) is 11.9 Å². The molecule has 0 bridgehead atoms. The summed E-state index contributed by atoms with van der Waals surface area (Å²) in [5, 5.41) is 12.2. The Morgan fingerprint density at radius 2 is 2.06 bits per heavy atom. The molecule has 0 aliphatic heterocycles. The van der Waals surface area contributed by atoms with Gasteiger partial charge in [0.15, 0.2) is 0 Å². The fourth-order valence-electron chi connectivity index (χ4n) is 1.60. The lowest BCUT2D eigenvalue weighted by Crippen LogP contribution is -2.04. The molecule has 0 amide bonds. The smallest absolute Gasteiger partial charge is 0.144 e. The molecule has 2 rings (SSSR count). The molecule has 4 heteroatoms. The summed E-state index contributed by atoms with van der Waals surface area (Å²) in [5.74, 6) is 0.633. The van der Waals surface area contributed by atoms with E-state index in [9.17, 15) is 0 Å². The van der Waals surface area contributed by atoms with Crippen LogP contribution in [0.1, 0.15) is 16.8 Å². The van der Waals surface area contributed by atoms with Crippen LogP contribution in [0.2, 0.25) is 0 Å². The molecule has 2 aromatic rings. The van der Waals surface area contributed by atoms with Crippen LogP contribution in [0.25, 0.3) is 0 Å². The lowest BCUT2D eigenvalue weighted by Gasteiger charge is -2.09. The topological polar surface area (TPSA) is 48.7 Å². The van der Waals surface area contributed by atoms with Crippen molar-refractivity contribution in [2.24, 2.45) is 0 Å². The van der Waals surface area contributed by atoms with Gasteiger partial charge in [0.05, 0.1) is 5.56 Å². The highest BCUT2D eigenvalue weighted by molar-refractivity contribution is 9.10. The Kier molecular flexibility index (Phi) is 3.96. The number of benzene rings is 1. The third-order valence-corrected chi connectivity index (χ3v) is 3.33. The summed E-state index contributed by atoms with van der Waals surface area (Å²) in [6, 6.07) is 13.7. The van der Waals surface area contributed by atoms with Crippen LogP contribution in [0.15, 0.2) is 40.9 Å². The van der Waals surface area contributed by atoms with E-state index in [1.54, 1.807) is 6.07 Å². The van der Waals surface area contributed by atoms with Crippen LogP contribution in [0, 0.1) is 18.3 Å². The number of nitrogens with one attached hydrogen (secondary N) is 1. The summed E-state index contributed by atoms with van der Waals surface area (Å²) in [6.07, 6.45) is 0. The van der Waals surface area contributed by atoms with E-state index in [4.69, 9.17) is 5.26 Å². The number of anilines is 1. The zero-order valence-electron chi connectivity index (χ0n) is 9.94. The molecule has 0 radical (unpaired) electrons. The van der Waals surface area contributed by atoms with Crippen molar-refractivity contribution >= 4 is 21.7 Å². The standard InChI is InChI=1S/C14H12BrN3/c1-10-6-7-11(8-16)14(18-10)17-9-12-4-2-3-5-13(12)15/h2-7H,9H2,1H3,(H,17,18). The zero-order valence-corrected chi connectivity index (χ0v) is 11.5. The van der Waals surface area contributed by atoms with E-state index in [1.807, 2.05) is 37.3 Å². The van der Waals surface area contributed by atoms with Crippen LogP contribution < -0.4 is 5.32 Å². The van der Waals surface area contributed by atoms with Crippen molar-refractivity contribution in [1.82, 2.24) is 4.98 Å². The van der Waals surface area contributed by atoms with Gasteiger partial charge in [-0.05, 0) is 30.7 Å². The van der Waals surface area contributed by atoms with Crippen molar-refractivity contribution in [3.8, 4) is 6.07 Å². The van der Waals surface area contributed by atoms with Crippen LogP contribution >= 0.6 is 15.9 Å². The minimum Gasteiger partial charge on any atom is -0.365 e. The number of aromatic nitrogens is 1. The number of hydrogen-bond donors (Lipinski definition) is 1. The van der Waals surface area contributed by atoms with E-state index in [1.165, 1.54) is 0 Å². The average Bonchev–Trinajstić information content (AvgIpc) is 2.38. The van der Waals surface area contributed by atoms with Gasteiger partial charge in [-0.2, -0.15) is 5.26 Å². The Labute approximate surface area is 115 Å². The summed E-state index contributed by atoms with van der Waals surface area (Å²) in [5.41, 5.74) is 2.58. The molecular formula is C14H12BrN3. The molecule has 1 aromatic carbocycles. The monoisotopic (exact) mass is 301 g/mol. The van der Waals surface area contributed by atoms with Crippen molar-refractivity contribution in [1.29, 1.82) is 5.26 Å². The van der Waals surface area contributed by atoms with Crippen molar-refractivity contribution < 1.29 is 0 Å². The van der Waals surface area contributed by atoms with Crippen LogP contribution in [-0.2, 0) is 6.54 Å². The summed E-state index contributed by atoms with van der Waals surface area (Å²) >= 11 is 3.49. The first-order chi connectivity index (χ1) is 8.70. The predicted octanol–water partition coefficient (Wildman–Crippen LogP) is 3.64. The molecule has 1 heterocycles. The third kappa shape index (κ3) is 2.88. The quantitative estimate of drug-likeness (QED) is 0.941. The molecule has 90 valence electrons. The molecule has 3 nitrogen and oxygen atoms in total. The van der Waals surface area contributed by atoms with Crippen LogP contribution in [0.4, 0.5) is 5.82 Å². The van der Waals surface area contributed by atoms with Gasteiger partial charge in [-0.3, -0.25) is 0 Å². The Hall–Kier alpha value is -1.86. The first-order valence-corrected chi connectivity index (χ1v) is 6.35. The van der Waals surface area contributed by atoms with Crippen molar-refractivity contribution in [3.63, 3.8) is 0 Å². The van der Waals surface area contributed by atoms with Gasteiger partial charge in [-0.15, -0.1) is 0 Å². The van der Waals surface area contributed by atoms with Gasteiger partial charge in [-0.1, -0.05) is 34.1 Å². The molecule has 1 aromatic heterocycles. The Morgan fingerprint density at radius 1 is 1.28 bits per heavy atom. The van der Waals surface area contributed by atoms with Crippen molar-refractivity contribution in [2.45, 2.75) is 13.5 Å². The second kappa shape index (κ2) is 5.65. The lowest BCUT2D eigenvalue weighted by molar-refractivity contribution is 1.08. The number of pyridine rings is 1. The van der Waals surface area contributed by atoms with E-state index < -0.39 is 0 Å². The number of nitriles is 1. The van der Waals surface area contributed by atoms with Gasteiger partial charge in [0.2, 0.25) is 0 Å². The molecule has 0 atom stereocenters. The molecule has 18 heavy (non-hydrogen) atoms. The van der Waals surface area contributed by atoms with Crippen LogP contribution in [0.3, 0.4) is 0 Å². The molecule has 0 aliphatic carbocycles. The molecule has 1 N–H and O–H groups in total. The van der Waals surface area contributed by atoms with Gasteiger partial charge < -0.3 is 5.32 Å². The highest BCUT2D eigenvalue weighted by atomic mass is 79.9. The van der Waals surface area contributed by atoms with Crippen molar-refractivity contribution in [2.75, 3.05) is 5.32 Å². The first kappa shape index (κ1) is 12.6. The Bertz CT molecular complexity index is 602. The largest absolute Gasteiger partial charge is 0.365 e. The molecule has 0 saturated heterocycles. The molecule has 0 saturated carbocycles. The number of rotatable bonds is 3. The van der Waals surface area contributed by atoms with E-state index in [0.717, 1.165) is 15.7 Å². The molecular weight excluding hydrogens is 290 g/mol. The highest BCUT2D eigenvalue weighted by Crippen LogP contribution is 2.18. The second-order valence-corrected chi connectivity index (χ2v) is 4.76. The maximum atomic E-state index is 9.02. The third-order valence-electron chi connectivity index (χ3n) is 2.56. The molecule has 0 spiro atoms. The summed E-state index contributed by atoms with van der Waals surface area (Å²) in [6.45, 7) is 2.54. The predicted molar refractivity (Wildman–Crippen MR) is 75.2 cm³/mol. The Morgan fingerprint density at radius 3 is 2.78 bits per heavy atom. The number of halogens is 1. The maximum Gasteiger partial charge on any atom is 0.144 e. The highest BCUT2D eigenvalue weighted by Gasteiger charge is 2.04. The molecule has 0 aliphatic rings. The molecule has 0 unspecified atom stereocenters. The van der Waals surface area contributed by atoms with Crippen LogP contribution in [-0.4, -0.2) is 4.98 Å². The zero-order chi connectivity index (χ0) is 13.0. The maximum absolute atomic E-state index is 9.02.